The topological polar surface area (TPSA) is 72.5 Å². The number of hydrogen-bond donors (Lipinski definition) is 1. The van der Waals surface area contributed by atoms with E-state index in [1.807, 2.05) is 0 Å². The Labute approximate surface area is 162 Å². The summed E-state index contributed by atoms with van der Waals surface area (Å²) in [6.45, 7) is 1.95. The summed E-state index contributed by atoms with van der Waals surface area (Å²) in [7, 11) is -3.85. The van der Waals surface area contributed by atoms with Crippen LogP contribution in [-0.2, 0) is 19.6 Å². The van der Waals surface area contributed by atoms with Crippen LogP contribution in [0.2, 0.25) is 0 Å². The number of sulfonamides is 1. The summed E-state index contributed by atoms with van der Waals surface area (Å²) < 4.78 is 59.9. The van der Waals surface area contributed by atoms with Gasteiger partial charge in [0.25, 0.3) is 0 Å². The molecule has 1 N–H and O–H groups in total. The first-order chi connectivity index (χ1) is 13.3. The molecule has 5 nitrogen and oxygen atoms in total. The highest BCUT2D eigenvalue weighted by Crippen LogP contribution is 2.29. The molecule has 0 spiro atoms. The van der Waals surface area contributed by atoms with Crippen LogP contribution < -0.4 is 4.72 Å². The van der Waals surface area contributed by atoms with Crippen LogP contribution in [0.15, 0.2) is 47.4 Å². The van der Waals surface area contributed by atoms with Crippen LogP contribution in [0.3, 0.4) is 0 Å². The van der Waals surface area contributed by atoms with Gasteiger partial charge in [0.15, 0.2) is 0 Å². The molecule has 0 heterocycles. The average molecular weight is 409 g/mol. The molecule has 0 saturated heterocycles. The molecule has 0 bridgehead atoms. The molecule has 2 unspecified atom stereocenters. The van der Waals surface area contributed by atoms with E-state index >= 15 is 0 Å². The van der Waals surface area contributed by atoms with E-state index in [4.69, 9.17) is 4.74 Å². The molecular formula is C20H21F2NO4S. The van der Waals surface area contributed by atoms with Crippen molar-refractivity contribution < 1.29 is 26.7 Å². The Hall–Kier alpha value is -2.32. The first-order valence-electron chi connectivity index (χ1n) is 9.06. The highest BCUT2D eigenvalue weighted by atomic mass is 32.2. The van der Waals surface area contributed by atoms with Gasteiger partial charge in [0.2, 0.25) is 10.0 Å². The quantitative estimate of drug-likeness (QED) is 0.740. The number of carbonyl (C=O) groups is 1. The zero-order valence-electron chi connectivity index (χ0n) is 15.3. The van der Waals surface area contributed by atoms with Gasteiger partial charge in [-0.15, -0.1) is 0 Å². The molecule has 2 aromatic carbocycles. The Balaban J connectivity index is 1.78. The van der Waals surface area contributed by atoms with Crippen LogP contribution >= 0.6 is 0 Å². The number of benzene rings is 2. The number of halogens is 2. The van der Waals surface area contributed by atoms with E-state index in [1.165, 1.54) is 30.3 Å². The third-order valence-corrected chi connectivity index (χ3v) is 6.32. The van der Waals surface area contributed by atoms with Crippen LogP contribution in [0.5, 0.6) is 0 Å². The van der Waals surface area contributed by atoms with Gasteiger partial charge in [-0.1, -0.05) is 18.6 Å². The van der Waals surface area contributed by atoms with Crippen molar-refractivity contribution in [3.05, 3.63) is 54.1 Å². The van der Waals surface area contributed by atoms with Gasteiger partial charge in [-0.2, -0.15) is 0 Å². The summed E-state index contributed by atoms with van der Waals surface area (Å²) in [6.07, 6.45) is 1.87. The Morgan fingerprint density at radius 2 is 1.86 bits per heavy atom. The fraction of sp³-hybridized carbons (Fsp3) is 0.350. The van der Waals surface area contributed by atoms with Crippen LogP contribution in [0, 0.1) is 17.6 Å². The summed E-state index contributed by atoms with van der Waals surface area (Å²) in [5.74, 6) is -2.30. The van der Waals surface area contributed by atoms with Crippen LogP contribution in [0.25, 0.3) is 11.1 Å². The second-order valence-corrected chi connectivity index (χ2v) is 8.38. The molecule has 1 saturated carbocycles. The van der Waals surface area contributed by atoms with Crippen LogP contribution in [0.4, 0.5) is 8.78 Å². The number of nitrogens with one attached hydrogen (secondary N) is 1. The second-order valence-electron chi connectivity index (χ2n) is 6.67. The third kappa shape index (κ3) is 4.39. The van der Waals surface area contributed by atoms with Gasteiger partial charge in [0.05, 0.1) is 17.4 Å². The molecule has 2 aromatic rings. The van der Waals surface area contributed by atoms with Crippen molar-refractivity contribution in [3.63, 3.8) is 0 Å². The van der Waals surface area contributed by atoms with Crippen molar-refractivity contribution in [2.45, 2.75) is 37.1 Å². The SMILES string of the molecule is CCOC(=O)C1CCCC1NS(=O)(=O)c1ccc(-c2ccc(F)cc2F)cc1. The molecule has 0 aromatic heterocycles. The lowest BCUT2D eigenvalue weighted by Gasteiger charge is -2.19. The molecular weight excluding hydrogens is 388 g/mol. The monoisotopic (exact) mass is 409 g/mol. The number of rotatable bonds is 6. The maximum atomic E-state index is 13.9. The molecule has 1 aliphatic rings. The standard InChI is InChI=1S/C20H21F2NO4S/c1-2-27-20(24)17-4-3-5-19(17)23-28(25,26)15-9-6-13(7-10-15)16-11-8-14(21)12-18(16)22/h6-12,17,19,23H,2-5H2,1H3. The fourth-order valence-corrected chi connectivity index (χ4v) is 4.75. The molecule has 1 fully saturated rings. The van der Waals surface area contributed by atoms with Crippen molar-refractivity contribution >= 4 is 16.0 Å². The normalized spacial score (nSPS) is 19.5. The summed E-state index contributed by atoms with van der Waals surface area (Å²) in [5, 5.41) is 0. The lowest BCUT2D eigenvalue weighted by Crippen LogP contribution is -2.40. The summed E-state index contributed by atoms with van der Waals surface area (Å²) in [5.41, 5.74) is 0.609. The molecule has 2 atom stereocenters. The molecule has 0 amide bonds. The second kappa shape index (κ2) is 8.36. The lowest BCUT2D eigenvalue weighted by atomic mass is 10.1. The number of carbonyl (C=O) groups excluding carboxylic acids is 1. The predicted molar refractivity (Wildman–Crippen MR) is 99.9 cm³/mol. The molecule has 28 heavy (non-hydrogen) atoms. The third-order valence-electron chi connectivity index (χ3n) is 4.82. The lowest BCUT2D eigenvalue weighted by molar-refractivity contribution is -0.148. The van der Waals surface area contributed by atoms with Crippen LogP contribution in [-0.4, -0.2) is 27.0 Å². The van der Waals surface area contributed by atoms with E-state index in [-0.39, 0.29) is 17.1 Å². The van der Waals surface area contributed by atoms with Gasteiger partial charge in [-0.25, -0.2) is 21.9 Å². The van der Waals surface area contributed by atoms with Gasteiger partial charge in [-0.3, -0.25) is 4.79 Å². The highest BCUT2D eigenvalue weighted by molar-refractivity contribution is 7.89. The number of hydrogen-bond acceptors (Lipinski definition) is 4. The first-order valence-corrected chi connectivity index (χ1v) is 10.5. The number of ether oxygens (including phenoxy) is 1. The van der Waals surface area contributed by atoms with Crippen molar-refractivity contribution in [2.24, 2.45) is 5.92 Å². The van der Waals surface area contributed by atoms with E-state index in [1.54, 1.807) is 6.92 Å². The smallest absolute Gasteiger partial charge is 0.310 e. The molecule has 8 heteroatoms. The summed E-state index contributed by atoms with van der Waals surface area (Å²) >= 11 is 0. The largest absolute Gasteiger partial charge is 0.466 e. The van der Waals surface area contributed by atoms with E-state index in [9.17, 15) is 22.0 Å². The summed E-state index contributed by atoms with van der Waals surface area (Å²) in [4.78, 5) is 12.0. The van der Waals surface area contributed by atoms with Gasteiger partial charge < -0.3 is 4.74 Å². The fourth-order valence-electron chi connectivity index (χ4n) is 3.44. The zero-order valence-corrected chi connectivity index (χ0v) is 16.1. The van der Waals surface area contributed by atoms with Gasteiger partial charge in [-0.05, 0) is 49.6 Å². The Morgan fingerprint density at radius 1 is 1.14 bits per heavy atom. The van der Waals surface area contributed by atoms with E-state index in [0.29, 0.717) is 18.4 Å². The highest BCUT2D eigenvalue weighted by Gasteiger charge is 2.36. The average Bonchev–Trinajstić information content (AvgIpc) is 3.09. The zero-order chi connectivity index (χ0) is 20.3. The molecule has 0 aliphatic heterocycles. The van der Waals surface area contributed by atoms with Crippen molar-refractivity contribution in [2.75, 3.05) is 6.61 Å². The van der Waals surface area contributed by atoms with E-state index in [0.717, 1.165) is 18.6 Å². The first kappa shape index (κ1) is 20.4. The Kier molecular flexibility index (Phi) is 6.10. The van der Waals surface area contributed by atoms with Crippen molar-refractivity contribution in [3.8, 4) is 11.1 Å². The van der Waals surface area contributed by atoms with Crippen LogP contribution in [0.1, 0.15) is 26.2 Å². The molecule has 3 rings (SSSR count). The predicted octanol–water partition coefficient (Wildman–Crippen LogP) is 3.64. The Morgan fingerprint density at radius 3 is 2.50 bits per heavy atom. The Bertz CT molecular complexity index is 961. The van der Waals surface area contributed by atoms with E-state index < -0.39 is 39.6 Å². The van der Waals surface area contributed by atoms with Gasteiger partial charge >= 0.3 is 5.97 Å². The van der Waals surface area contributed by atoms with Crippen molar-refractivity contribution in [1.82, 2.24) is 4.72 Å². The molecule has 1 aliphatic carbocycles. The van der Waals surface area contributed by atoms with Crippen molar-refractivity contribution in [1.29, 1.82) is 0 Å². The molecule has 0 radical (unpaired) electrons. The molecule has 150 valence electrons. The maximum Gasteiger partial charge on any atom is 0.310 e. The van der Waals surface area contributed by atoms with Gasteiger partial charge in [0, 0.05) is 17.7 Å². The minimum atomic E-state index is -3.85. The van der Waals surface area contributed by atoms with E-state index in [2.05, 4.69) is 4.72 Å². The minimum Gasteiger partial charge on any atom is -0.466 e. The van der Waals surface area contributed by atoms with Gasteiger partial charge in [0.1, 0.15) is 11.6 Å². The maximum absolute atomic E-state index is 13.9. The summed E-state index contributed by atoms with van der Waals surface area (Å²) in [6, 6.07) is 8.33. The minimum absolute atomic E-state index is 0.00767. The number of esters is 1.